The topological polar surface area (TPSA) is 29.5 Å². The molecule has 1 unspecified atom stereocenters. The van der Waals surface area contributed by atoms with Gasteiger partial charge in [0.15, 0.2) is 0 Å². The minimum atomic E-state index is -0.376. The van der Waals surface area contributed by atoms with Crippen LogP contribution in [-0.2, 0) is 6.42 Å². The van der Waals surface area contributed by atoms with Crippen molar-refractivity contribution in [3.63, 3.8) is 0 Å². The molecule has 3 heteroatoms. The van der Waals surface area contributed by atoms with Crippen molar-refractivity contribution in [3.8, 4) is 5.75 Å². The number of ether oxygens (including phenoxy) is 1. The molecule has 1 N–H and O–H groups in total. The number of methoxy groups -OCH3 is 1. The van der Waals surface area contributed by atoms with E-state index in [4.69, 9.17) is 16.3 Å². The highest BCUT2D eigenvalue weighted by Gasteiger charge is 2.13. The molecule has 0 bridgehead atoms. The largest absolute Gasteiger partial charge is 0.496 e. The number of benzene rings is 1. The van der Waals surface area contributed by atoms with Crippen molar-refractivity contribution >= 4 is 11.6 Å². The van der Waals surface area contributed by atoms with Crippen molar-refractivity contribution in [1.29, 1.82) is 0 Å². The maximum absolute atomic E-state index is 9.39. The molecule has 0 heterocycles. The molecule has 15 heavy (non-hydrogen) atoms. The Morgan fingerprint density at radius 3 is 2.53 bits per heavy atom. The number of aliphatic hydroxyl groups is 1. The first-order valence-corrected chi connectivity index (χ1v) is 5.35. The van der Waals surface area contributed by atoms with E-state index in [9.17, 15) is 5.11 Å². The van der Waals surface area contributed by atoms with Gasteiger partial charge in [0.05, 0.1) is 18.2 Å². The average Bonchev–Trinajstić information content (AvgIpc) is 2.14. The molecular weight excluding hydrogens is 212 g/mol. The molecule has 0 aliphatic rings. The number of hydrogen-bond donors (Lipinski definition) is 1. The van der Waals surface area contributed by atoms with Crippen LogP contribution in [0.25, 0.3) is 0 Å². The fourth-order valence-corrected chi connectivity index (χ4v) is 1.92. The second kappa shape index (κ2) is 4.86. The molecule has 0 amide bonds. The molecular formula is C12H17ClO2. The maximum Gasteiger partial charge on any atom is 0.126 e. The Hall–Kier alpha value is -0.730. The summed E-state index contributed by atoms with van der Waals surface area (Å²) < 4.78 is 5.32. The minimum Gasteiger partial charge on any atom is -0.496 e. The fourth-order valence-electron chi connectivity index (χ4n) is 1.78. The molecule has 1 rings (SSSR count). The smallest absolute Gasteiger partial charge is 0.126 e. The summed E-state index contributed by atoms with van der Waals surface area (Å²) in [4.78, 5) is 0. The molecule has 0 aliphatic heterocycles. The molecule has 0 aromatic heterocycles. The van der Waals surface area contributed by atoms with Gasteiger partial charge < -0.3 is 9.84 Å². The van der Waals surface area contributed by atoms with E-state index in [0.29, 0.717) is 6.42 Å². The Morgan fingerprint density at radius 2 is 2.07 bits per heavy atom. The third kappa shape index (κ3) is 2.64. The van der Waals surface area contributed by atoms with Crippen molar-refractivity contribution < 1.29 is 9.84 Å². The van der Waals surface area contributed by atoms with Crippen molar-refractivity contribution in [2.24, 2.45) is 0 Å². The van der Waals surface area contributed by atoms with Gasteiger partial charge in [-0.1, -0.05) is 17.7 Å². The minimum absolute atomic E-state index is 0.376. The second-order valence-electron chi connectivity index (χ2n) is 3.88. The van der Waals surface area contributed by atoms with Gasteiger partial charge in [0, 0.05) is 12.0 Å². The molecule has 0 aliphatic carbocycles. The summed E-state index contributed by atoms with van der Waals surface area (Å²) in [6.07, 6.45) is 0.209. The molecule has 0 fully saturated rings. The zero-order chi connectivity index (χ0) is 11.6. The van der Waals surface area contributed by atoms with Gasteiger partial charge in [0.2, 0.25) is 0 Å². The Labute approximate surface area is 95.8 Å². The lowest BCUT2D eigenvalue weighted by molar-refractivity contribution is 0.194. The Bertz CT molecular complexity index is 359. The third-order valence-corrected chi connectivity index (χ3v) is 3.00. The Kier molecular flexibility index (Phi) is 4.00. The summed E-state index contributed by atoms with van der Waals surface area (Å²) in [5, 5.41) is 10.1. The maximum atomic E-state index is 9.39. The number of aliphatic hydroxyl groups excluding tert-OH is 1. The highest BCUT2D eigenvalue weighted by atomic mass is 35.5. The van der Waals surface area contributed by atoms with Crippen LogP contribution in [0.3, 0.4) is 0 Å². The number of rotatable bonds is 3. The molecule has 0 saturated heterocycles. The zero-order valence-corrected chi connectivity index (χ0v) is 10.4. The van der Waals surface area contributed by atoms with E-state index in [2.05, 4.69) is 0 Å². The van der Waals surface area contributed by atoms with Gasteiger partial charge in [-0.25, -0.2) is 0 Å². The number of hydrogen-bond acceptors (Lipinski definition) is 2. The van der Waals surface area contributed by atoms with E-state index in [1.54, 1.807) is 14.0 Å². The standard InChI is InChI=1S/C12H17ClO2/c1-7-5-10(6-8(2)14)12(15-4)9(3)11(7)13/h5,8,14H,6H2,1-4H3. The van der Waals surface area contributed by atoms with Gasteiger partial charge in [0.25, 0.3) is 0 Å². The summed E-state index contributed by atoms with van der Waals surface area (Å²) in [6.45, 7) is 5.65. The van der Waals surface area contributed by atoms with Gasteiger partial charge in [0.1, 0.15) is 5.75 Å². The molecule has 0 saturated carbocycles. The quantitative estimate of drug-likeness (QED) is 0.862. The van der Waals surface area contributed by atoms with Gasteiger partial charge in [-0.2, -0.15) is 0 Å². The van der Waals surface area contributed by atoms with Crippen LogP contribution in [0.15, 0.2) is 6.07 Å². The summed E-state index contributed by atoms with van der Waals surface area (Å²) in [5.74, 6) is 0.784. The number of halogens is 1. The lowest BCUT2D eigenvalue weighted by Gasteiger charge is -2.15. The van der Waals surface area contributed by atoms with Gasteiger partial charge in [-0.3, -0.25) is 0 Å². The van der Waals surface area contributed by atoms with Crippen molar-refractivity contribution in [1.82, 2.24) is 0 Å². The summed E-state index contributed by atoms with van der Waals surface area (Å²) in [6, 6.07) is 1.97. The first-order chi connectivity index (χ1) is 6.97. The van der Waals surface area contributed by atoms with Gasteiger partial charge >= 0.3 is 0 Å². The van der Waals surface area contributed by atoms with Crippen LogP contribution in [0.1, 0.15) is 23.6 Å². The van der Waals surface area contributed by atoms with Crippen molar-refractivity contribution in [2.45, 2.75) is 33.3 Å². The normalized spacial score (nSPS) is 12.7. The van der Waals surface area contributed by atoms with Crippen LogP contribution in [0.2, 0.25) is 5.02 Å². The van der Waals surface area contributed by atoms with Gasteiger partial charge in [-0.15, -0.1) is 0 Å². The van der Waals surface area contributed by atoms with E-state index in [-0.39, 0.29) is 6.10 Å². The van der Waals surface area contributed by atoms with E-state index >= 15 is 0 Å². The van der Waals surface area contributed by atoms with Crippen molar-refractivity contribution in [2.75, 3.05) is 7.11 Å². The van der Waals surface area contributed by atoms with Crippen LogP contribution in [-0.4, -0.2) is 18.3 Å². The Balaban J connectivity index is 3.25. The third-order valence-electron chi connectivity index (χ3n) is 2.42. The zero-order valence-electron chi connectivity index (χ0n) is 9.60. The summed E-state index contributed by atoms with van der Waals surface area (Å²) in [5.41, 5.74) is 2.97. The molecule has 0 radical (unpaired) electrons. The monoisotopic (exact) mass is 228 g/mol. The van der Waals surface area contributed by atoms with Gasteiger partial charge in [-0.05, 0) is 31.9 Å². The summed E-state index contributed by atoms with van der Waals surface area (Å²) in [7, 11) is 1.62. The molecule has 1 aromatic rings. The van der Waals surface area contributed by atoms with E-state index in [1.165, 1.54) is 0 Å². The lowest BCUT2D eigenvalue weighted by Crippen LogP contribution is -2.07. The highest BCUT2D eigenvalue weighted by molar-refractivity contribution is 6.32. The van der Waals surface area contributed by atoms with Crippen LogP contribution in [0, 0.1) is 13.8 Å². The summed E-state index contributed by atoms with van der Waals surface area (Å²) >= 11 is 6.13. The SMILES string of the molecule is COc1c(CC(C)O)cc(C)c(Cl)c1C. The molecule has 0 spiro atoms. The lowest BCUT2D eigenvalue weighted by atomic mass is 10.0. The van der Waals surface area contributed by atoms with E-state index in [0.717, 1.165) is 27.5 Å². The molecule has 1 aromatic carbocycles. The predicted molar refractivity (Wildman–Crippen MR) is 62.9 cm³/mol. The fraction of sp³-hybridized carbons (Fsp3) is 0.500. The molecule has 84 valence electrons. The average molecular weight is 229 g/mol. The highest BCUT2D eigenvalue weighted by Crippen LogP contribution is 2.33. The molecule has 2 nitrogen and oxygen atoms in total. The number of aryl methyl sites for hydroxylation is 1. The van der Waals surface area contributed by atoms with Crippen LogP contribution in [0.5, 0.6) is 5.75 Å². The van der Waals surface area contributed by atoms with Crippen LogP contribution in [0.4, 0.5) is 0 Å². The van der Waals surface area contributed by atoms with Crippen LogP contribution < -0.4 is 4.74 Å². The predicted octanol–water partition coefficient (Wildman–Crippen LogP) is 2.89. The first-order valence-electron chi connectivity index (χ1n) is 4.98. The van der Waals surface area contributed by atoms with Crippen LogP contribution >= 0.6 is 11.6 Å². The second-order valence-corrected chi connectivity index (χ2v) is 4.26. The molecule has 1 atom stereocenters. The van der Waals surface area contributed by atoms with E-state index in [1.807, 2.05) is 19.9 Å². The van der Waals surface area contributed by atoms with Crippen molar-refractivity contribution in [3.05, 3.63) is 27.8 Å². The Morgan fingerprint density at radius 1 is 1.47 bits per heavy atom. The van der Waals surface area contributed by atoms with E-state index < -0.39 is 0 Å². The first kappa shape index (κ1) is 12.3.